The Morgan fingerprint density at radius 1 is 1.16 bits per heavy atom. The zero-order chi connectivity index (χ0) is 13.5. The van der Waals surface area contributed by atoms with Crippen molar-refractivity contribution >= 4 is 5.91 Å². The van der Waals surface area contributed by atoms with Crippen molar-refractivity contribution in [1.29, 1.82) is 0 Å². The number of nitrogens with zero attached hydrogens (tertiary/aromatic N) is 1. The van der Waals surface area contributed by atoms with Crippen LogP contribution >= 0.6 is 0 Å². The van der Waals surface area contributed by atoms with Gasteiger partial charge in [-0.05, 0) is 30.0 Å². The van der Waals surface area contributed by atoms with E-state index < -0.39 is 0 Å². The third-order valence-corrected chi connectivity index (χ3v) is 2.90. The van der Waals surface area contributed by atoms with Crippen molar-refractivity contribution in [3.8, 4) is 0 Å². The third kappa shape index (κ3) is 4.54. The molecule has 1 heterocycles. The van der Waals surface area contributed by atoms with E-state index in [1.807, 2.05) is 43.3 Å². The molecular formula is C16H18N2O. The second-order valence-corrected chi connectivity index (χ2v) is 4.63. The molecule has 0 atom stereocenters. The molecule has 0 aliphatic heterocycles. The standard InChI is InChI=1S/C16H18N2O/c1-13-9-15(11-17-10-13)12-18-16(19)8-7-14-5-3-2-4-6-14/h2-6,9-11H,7-8,12H2,1H3,(H,18,19). The van der Waals surface area contributed by atoms with E-state index in [1.165, 1.54) is 5.56 Å². The molecule has 0 saturated heterocycles. The minimum Gasteiger partial charge on any atom is -0.352 e. The van der Waals surface area contributed by atoms with Gasteiger partial charge in [0.25, 0.3) is 0 Å². The average Bonchev–Trinajstić information content (AvgIpc) is 2.44. The van der Waals surface area contributed by atoms with Gasteiger partial charge in [0.15, 0.2) is 0 Å². The van der Waals surface area contributed by atoms with Gasteiger partial charge in [0.05, 0.1) is 0 Å². The van der Waals surface area contributed by atoms with E-state index in [1.54, 1.807) is 12.4 Å². The fourth-order valence-electron chi connectivity index (χ4n) is 1.91. The molecule has 3 heteroatoms. The summed E-state index contributed by atoms with van der Waals surface area (Å²) in [5, 5.41) is 2.92. The van der Waals surface area contributed by atoms with E-state index in [0.717, 1.165) is 17.5 Å². The summed E-state index contributed by atoms with van der Waals surface area (Å²) >= 11 is 0. The van der Waals surface area contributed by atoms with Crippen LogP contribution in [-0.2, 0) is 17.8 Å². The molecule has 0 spiro atoms. The maximum Gasteiger partial charge on any atom is 0.220 e. The Bertz CT molecular complexity index is 537. The maximum atomic E-state index is 11.7. The number of hydrogen-bond donors (Lipinski definition) is 1. The molecule has 0 unspecified atom stereocenters. The lowest BCUT2D eigenvalue weighted by Gasteiger charge is -2.06. The number of carbonyl (C=O) groups excluding carboxylic acids is 1. The Morgan fingerprint density at radius 2 is 1.95 bits per heavy atom. The van der Waals surface area contributed by atoms with Gasteiger partial charge in [0, 0.05) is 25.4 Å². The molecule has 0 bridgehead atoms. The molecule has 0 radical (unpaired) electrons. The Morgan fingerprint density at radius 3 is 2.68 bits per heavy atom. The zero-order valence-corrected chi connectivity index (χ0v) is 11.1. The van der Waals surface area contributed by atoms with Crippen molar-refractivity contribution in [3.63, 3.8) is 0 Å². The number of hydrogen-bond acceptors (Lipinski definition) is 2. The smallest absolute Gasteiger partial charge is 0.220 e. The lowest BCUT2D eigenvalue weighted by atomic mass is 10.1. The first-order valence-corrected chi connectivity index (χ1v) is 6.45. The van der Waals surface area contributed by atoms with Crippen molar-refractivity contribution in [2.75, 3.05) is 0 Å². The Balaban J connectivity index is 1.76. The highest BCUT2D eigenvalue weighted by atomic mass is 16.1. The monoisotopic (exact) mass is 254 g/mol. The summed E-state index contributed by atoms with van der Waals surface area (Å²) in [7, 11) is 0. The SMILES string of the molecule is Cc1cncc(CNC(=O)CCc2ccccc2)c1. The van der Waals surface area contributed by atoms with Crippen molar-refractivity contribution in [2.45, 2.75) is 26.3 Å². The van der Waals surface area contributed by atoms with Gasteiger partial charge >= 0.3 is 0 Å². The topological polar surface area (TPSA) is 42.0 Å². The van der Waals surface area contributed by atoms with Crippen molar-refractivity contribution in [2.24, 2.45) is 0 Å². The van der Waals surface area contributed by atoms with E-state index in [9.17, 15) is 4.79 Å². The maximum absolute atomic E-state index is 11.7. The fraction of sp³-hybridized carbons (Fsp3) is 0.250. The summed E-state index contributed by atoms with van der Waals surface area (Å²) < 4.78 is 0. The quantitative estimate of drug-likeness (QED) is 0.891. The molecular weight excluding hydrogens is 236 g/mol. The number of amides is 1. The van der Waals surface area contributed by atoms with Gasteiger partial charge in [0.2, 0.25) is 5.91 Å². The van der Waals surface area contributed by atoms with Gasteiger partial charge in [-0.3, -0.25) is 9.78 Å². The largest absolute Gasteiger partial charge is 0.352 e. The minimum atomic E-state index is 0.0744. The fourth-order valence-corrected chi connectivity index (χ4v) is 1.91. The number of aryl methyl sites for hydroxylation is 2. The molecule has 1 N–H and O–H groups in total. The molecule has 0 aliphatic rings. The average molecular weight is 254 g/mol. The highest BCUT2D eigenvalue weighted by Crippen LogP contribution is 2.03. The summed E-state index contributed by atoms with van der Waals surface area (Å²) in [5.74, 6) is 0.0744. The van der Waals surface area contributed by atoms with Gasteiger partial charge in [-0.25, -0.2) is 0 Å². The summed E-state index contributed by atoms with van der Waals surface area (Å²) in [6.07, 6.45) is 4.88. The summed E-state index contributed by atoms with van der Waals surface area (Å²) in [6, 6.07) is 12.1. The lowest BCUT2D eigenvalue weighted by Crippen LogP contribution is -2.23. The van der Waals surface area contributed by atoms with Gasteiger partial charge in [-0.15, -0.1) is 0 Å². The molecule has 1 aromatic carbocycles. The number of nitrogens with one attached hydrogen (secondary N) is 1. The van der Waals surface area contributed by atoms with Crippen molar-refractivity contribution < 1.29 is 4.79 Å². The first-order valence-electron chi connectivity index (χ1n) is 6.45. The first kappa shape index (κ1) is 13.3. The molecule has 2 rings (SSSR count). The highest BCUT2D eigenvalue weighted by molar-refractivity contribution is 5.76. The molecule has 3 nitrogen and oxygen atoms in total. The van der Waals surface area contributed by atoms with E-state index in [4.69, 9.17) is 0 Å². The first-order chi connectivity index (χ1) is 9.24. The van der Waals surface area contributed by atoms with Crippen LogP contribution in [0.3, 0.4) is 0 Å². The van der Waals surface area contributed by atoms with Crippen LogP contribution in [0.25, 0.3) is 0 Å². The third-order valence-electron chi connectivity index (χ3n) is 2.90. The summed E-state index contributed by atoms with van der Waals surface area (Å²) in [5.41, 5.74) is 3.33. The van der Waals surface area contributed by atoms with Gasteiger partial charge in [0.1, 0.15) is 0 Å². The van der Waals surface area contributed by atoms with Crippen molar-refractivity contribution in [3.05, 3.63) is 65.5 Å². The van der Waals surface area contributed by atoms with E-state index >= 15 is 0 Å². The molecule has 0 fully saturated rings. The molecule has 2 aromatic rings. The molecule has 0 aliphatic carbocycles. The molecule has 1 amide bonds. The van der Waals surface area contributed by atoms with Crippen LogP contribution in [0.15, 0.2) is 48.8 Å². The minimum absolute atomic E-state index is 0.0744. The Kier molecular flexibility index (Phi) is 4.67. The van der Waals surface area contributed by atoms with Gasteiger partial charge in [-0.1, -0.05) is 36.4 Å². The van der Waals surface area contributed by atoms with Crippen LogP contribution in [0.2, 0.25) is 0 Å². The predicted molar refractivity (Wildman–Crippen MR) is 75.6 cm³/mol. The molecule has 19 heavy (non-hydrogen) atoms. The summed E-state index contributed by atoms with van der Waals surface area (Å²) in [4.78, 5) is 15.8. The molecule has 1 aromatic heterocycles. The van der Waals surface area contributed by atoms with Crippen LogP contribution in [0, 0.1) is 6.92 Å². The number of aromatic nitrogens is 1. The van der Waals surface area contributed by atoms with Gasteiger partial charge < -0.3 is 5.32 Å². The van der Waals surface area contributed by atoms with E-state index in [0.29, 0.717) is 13.0 Å². The summed E-state index contributed by atoms with van der Waals surface area (Å²) in [6.45, 7) is 2.54. The number of benzene rings is 1. The highest BCUT2D eigenvalue weighted by Gasteiger charge is 2.02. The number of pyridine rings is 1. The van der Waals surface area contributed by atoms with Crippen LogP contribution < -0.4 is 5.32 Å². The van der Waals surface area contributed by atoms with Crippen LogP contribution in [-0.4, -0.2) is 10.9 Å². The number of carbonyl (C=O) groups is 1. The lowest BCUT2D eigenvalue weighted by molar-refractivity contribution is -0.121. The van der Waals surface area contributed by atoms with Crippen LogP contribution in [0.5, 0.6) is 0 Å². The predicted octanol–water partition coefficient (Wildman–Crippen LogP) is 2.64. The second-order valence-electron chi connectivity index (χ2n) is 4.63. The van der Waals surface area contributed by atoms with E-state index in [-0.39, 0.29) is 5.91 Å². The molecule has 98 valence electrons. The van der Waals surface area contributed by atoms with Gasteiger partial charge in [-0.2, -0.15) is 0 Å². The van der Waals surface area contributed by atoms with Crippen molar-refractivity contribution in [1.82, 2.24) is 10.3 Å². The zero-order valence-electron chi connectivity index (χ0n) is 11.1. The second kappa shape index (κ2) is 6.69. The van der Waals surface area contributed by atoms with E-state index in [2.05, 4.69) is 10.3 Å². The molecule has 0 saturated carbocycles. The van der Waals surface area contributed by atoms with Crippen LogP contribution in [0.4, 0.5) is 0 Å². The van der Waals surface area contributed by atoms with Crippen LogP contribution in [0.1, 0.15) is 23.1 Å². The number of rotatable bonds is 5. The Labute approximate surface area is 113 Å². The normalized spacial score (nSPS) is 10.2. The Hall–Kier alpha value is -2.16.